The highest BCUT2D eigenvalue weighted by atomic mass is 16.1. The third kappa shape index (κ3) is 2.29. The molecule has 1 aliphatic carbocycles. The second-order valence-corrected chi connectivity index (χ2v) is 6.85. The van der Waals surface area contributed by atoms with Crippen molar-refractivity contribution in [1.29, 1.82) is 0 Å². The monoisotopic (exact) mass is 309 g/mol. The average molecular weight is 309 g/mol. The van der Waals surface area contributed by atoms with E-state index in [1.54, 1.807) is 0 Å². The third-order valence-electron chi connectivity index (χ3n) is 5.35. The maximum Gasteiger partial charge on any atom is 0.275 e. The number of benzene rings is 1. The molecule has 2 aromatic heterocycles. The van der Waals surface area contributed by atoms with Crippen molar-refractivity contribution in [1.82, 2.24) is 13.9 Å². The maximum atomic E-state index is 13.0. The van der Waals surface area contributed by atoms with Gasteiger partial charge in [0.15, 0.2) is 0 Å². The summed E-state index contributed by atoms with van der Waals surface area (Å²) in [5.74, 6) is 0. The van der Waals surface area contributed by atoms with Crippen LogP contribution in [-0.2, 0) is 0 Å². The molecular formula is C19H23N3O. The van der Waals surface area contributed by atoms with E-state index in [4.69, 9.17) is 0 Å². The zero-order valence-corrected chi connectivity index (χ0v) is 13.8. The molecule has 4 nitrogen and oxygen atoms in total. The molecule has 0 saturated heterocycles. The highest BCUT2D eigenvalue weighted by Crippen LogP contribution is 2.31. The van der Waals surface area contributed by atoms with Crippen molar-refractivity contribution in [3.63, 3.8) is 0 Å². The summed E-state index contributed by atoms with van der Waals surface area (Å²) in [6.45, 7) is 0. The number of aromatic nitrogens is 2. The molecule has 23 heavy (non-hydrogen) atoms. The number of hydrogen-bond donors (Lipinski definition) is 0. The fourth-order valence-electron chi connectivity index (χ4n) is 4.06. The molecular weight excluding hydrogens is 286 g/mol. The van der Waals surface area contributed by atoms with Gasteiger partial charge in [-0.25, -0.2) is 0 Å². The Balaban J connectivity index is 1.86. The van der Waals surface area contributed by atoms with Crippen LogP contribution in [0.25, 0.3) is 16.6 Å². The van der Waals surface area contributed by atoms with Crippen molar-refractivity contribution in [2.45, 2.75) is 37.8 Å². The molecule has 0 radical (unpaired) electrons. The van der Waals surface area contributed by atoms with Gasteiger partial charge in [0.1, 0.15) is 5.52 Å². The van der Waals surface area contributed by atoms with E-state index in [1.165, 1.54) is 0 Å². The Labute approximate surface area is 135 Å². The molecule has 1 fully saturated rings. The lowest BCUT2D eigenvalue weighted by atomic mass is 9.90. The zero-order valence-electron chi connectivity index (χ0n) is 13.8. The smallest absolute Gasteiger partial charge is 0.275 e. The summed E-state index contributed by atoms with van der Waals surface area (Å²) in [6, 6.07) is 13.1. The standard InChI is InChI=1S/C19H23N3O/c1-20(2)14-9-11-15(12-10-14)22-17-7-4-3-6-16(17)21-13-5-8-18(21)19(22)23/h3-8,13-15H,9-12H2,1-2H3. The molecule has 120 valence electrons. The van der Waals surface area contributed by atoms with Gasteiger partial charge in [-0.2, -0.15) is 0 Å². The first-order chi connectivity index (χ1) is 11.2. The van der Waals surface area contributed by atoms with Gasteiger partial charge in [0.25, 0.3) is 5.56 Å². The summed E-state index contributed by atoms with van der Waals surface area (Å²) in [4.78, 5) is 15.4. The average Bonchev–Trinajstić information content (AvgIpc) is 3.06. The first-order valence-electron chi connectivity index (χ1n) is 8.43. The topological polar surface area (TPSA) is 29.7 Å². The zero-order chi connectivity index (χ0) is 16.0. The van der Waals surface area contributed by atoms with Gasteiger partial charge in [-0.15, -0.1) is 0 Å². The van der Waals surface area contributed by atoms with Crippen molar-refractivity contribution < 1.29 is 0 Å². The summed E-state index contributed by atoms with van der Waals surface area (Å²) in [5, 5.41) is 0. The summed E-state index contributed by atoms with van der Waals surface area (Å²) >= 11 is 0. The Hall–Kier alpha value is -2.07. The van der Waals surface area contributed by atoms with Crippen LogP contribution >= 0.6 is 0 Å². The van der Waals surface area contributed by atoms with Gasteiger partial charge in [0.05, 0.1) is 11.0 Å². The molecule has 1 saturated carbocycles. The van der Waals surface area contributed by atoms with Crippen LogP contribution in [0.5, 0.6) is 0 Å². The van der Waals surface area contributed by atoms with E-state index in [0.717, 1.165) is 42.2 Å². The molecule has 2 heterocycles. The minimum absolute atomic E-state index is 0.141. The molecule has 0 unspecified atom stereocenters. The molecule has 1 aromatic carbocycles. The van der Waals surface area contributed by atoms with E-state index in [-0.39, 0.29) is 5.56 Å². The van der Waals surface area contributed by atoms with Gasteiger partial charge in [-0.05, 0) is 64.0 Å². The molecule has 1 aliphatic rings. The first kappa shape index (κ1) is 14.5. The summed E-state index contributed by atoms with van der Waals surface area (Å²) in [7, 11) is 4.30. The number of rotatable bonds is 2. The molecule has 3 aromatic rings. The van der Waals surface area contributed by atoms with Crippen molar-refractivity contribution in [3.05, 3.63) is 52.9 Å². The van der Waals surface area contributed by atoms with Crippen LogP contribution in [0.4, 0.5) is 0 Å². The van der Waals surface area contributed by atoms with Gasteiger partial charge in [-0.1, -0.05) is 12.1 Å². The Kier molecular flexibility index (Phi) is 3.49. The normalized spacial score (nSPS) is 22.2. The number of nitrogens with zero attached hydrogens (tertiary/aromatic N) is 3. The fourth-order valence-corrected chi connectivity index (χ4v) is 4.06. The van der Waals surface area contributed by atoms with Gasteiger partial charge in [-0.3, -0.25) is 4.79 Å². The van der Waals surface area contributed by atoms with Crippen LogP contribution in [-0.4, -0.2) is 34.0 Å². The molecule has 0 bridgehead atoms. The quantitative estimate of drug-likeness (QED) is 0.727. The summed E-state index contributed by atoms with van der Waals surface area (Å²) in [6.07, 6.45) is 6.44. The Morgan fingerprint density at radius 1 is 0.913 bits per heavy atom. The second-order valence-electron chi connectivity index (χ2n) is 6.85. The van der Waals surface area contributed by atoms with Crippen LogP contribution in [0.3, 0.4) is 0 Å². The van der Waals surface area contributed by atoms with Gasteiger partial charge in [0, 0.05) is 18.3 Å². The van der Waals surface area contributed by atoms with Gasteiger partial charge < -0.3 is 13.9 Å². The summed E-state index contributed by atoms with van der Waals surface area (Å²) in [5.41, 5.74) is 3.08. The van der Waals surface area contributed by atoms with E-state index in [0.29, 0.717) is 12.1 Å². The predicted octanol–water partition coefficient (Wildman–Crippen LogP) is 3.30. The minimum Gasteiger partial charge on any atom is -0.310 e. The molecule has 0 spiro atoms. The largest absolute Gasteiger partial charge is 0.310 e. The molecule has 0 atom stereocenters. The Morgan fingerprint density at radius 3 is 2.26 bits per heavy atom. The maximum absolute atomic E-state index is 13.0. The number of hydrogen-bond acceptors (Lipinski definition) is 2. The molecule has 4 rings (SSSR count). The lowest BCUT2D eigenvalue weighted by molar-refractivity contribution is 0.195. The van der Waals surface area contributed by atoms with Crippen LogP contribution in [0, 0.1) is 0 Å². The number of para-hydroxylation sites is 2. The first-order valence-corrected chi connectivity index (χ1v) is 8.43. The summed E-state index contributed by atoms with van der Waals surface area (Å²) < 4.78 is 4.07. The lowest BCUT2D eigenvalue weighted by Crippen LogP contribution is -2.35. The third-order valence-corrected chi connectivity index (χ3v) is 5.35. The second kappa shape index (κ2) is 5.53. The van der Waals surface area contributed by atoms with E-state index < -0.39 is 0 Å². The van der Waals surface area contributed by atoms with Gasteiger partial charge >= 0.3 is 0 Å². The molecule has 0 aliphatic heterocycles. The van der Waals surface area contributed by atoms with Crippen molar-refractivity contribution in [3.8, 4) is 0 Å². The van der Waals surface area contributed by atoms with E-state index >= 15 is 0 Å². The van der Waals surface area contributed by atoms with Crippen LogP contribution in [0.15, 0.2) is 47.4 Å². The Bertz CT molecular complexity index is 898. The Morgan fingerprint density at radius 2 is 1.57 bits per heavy atom. The van der Waals surface area contributed by atoms with Crippen LogP contribution in [0.1, 0.15) is 31.7 Å². The minimum atomic E-state index is 0.141. The number of fused-ring (bicyclic) bond motifs is 3. The highest BCUT2D eigenvalue weighted by Gasteiger charge is 2.25. The van der Waals surface area contributed by atoms with E-state index in [1.807, 2.05) is 34.9 Å². The lowest BCUT2D eigenvalue weighted by Gasteiger charge is -2.34. The predicted molar refractivity (Wildman–Crippen MR) is 94.1 cm³/mol. The van der Waals surface area contributed by atoms with E-state index in [9.17, 15) is 4.79 Å². The van der Waals surface area contributed by atoms with Crippen LogP contribution < -0.4 is 5.56 Å². The van der Waals surface area contributed by atoms with Crippen molar-refractivity contribution >= 4 is 16.6 Å². The van der Waals surface area contributed by atoms with E-state index in [2.05, 4.69) is 35.7 Å². The molecule has 0 amide bonds. The highest BCUT2D eigenvalue weighted by molar-refractivity contribution is 5.79. The van der Waals surface area contributed by atoms with Crippen molar-refractivity contribution in [2.75, 3.05) is 14.1 Å². The van der Waals surface area contributed by atoms with Crippen LogP contribution in [0.2, 0.25) is 0 Å². The fraction of sp³-hybridized carbons (Fsp3) is 0.421. The SMILES string of the molecule is CN(C)C1CCC(n2c(=O)c3cccn3c3ccccc32)CC1. The molecule has 4 heteroatoms. The van der Waals surface area contributed by atoms with Gasteiger partial charge in [0.2, 0.25) is 0 Å². The van der Waals surface area contributed by atoms with Crippen molar-refractivity contribution in [2.24, 2.45) is 0 Å². The molecule has 0 N–H and O–H groups in total.